The summed E-state index contributed by atoms with van der Waals surface area (Å²) in [7, 11) is 1.50. The molecule has 134 valence electrons. The Balaban J connectivity index is 1.35. The lowest BCUT2D eigenvalue weighted by atomic mass is 10.1. The van der Waals surface area contributed by atoms with E-state index in [-0.39, 0.29) is 24.1 Å². The van der Waals surface area contributed by atoms with Gasteiger partial charge in [-0.2, -0.15) is 5.10 Å². The van der Waals surface area contributed by atoms with Crippen molar-refractivity contribution in [3.63, 3.8) is 0 Å². The minimum Gasteiger partial charge on any atom is -0.494 e. The molecule has 1 saturated heterocycles. The summed E-state index contributed by atoms with van der Waals surface area (Å²) in [6.07, 6.45) is 3.91. The van der Waals surface area contributed by atoms with E-state index in [1.54, 1.807) is 6.07 Å². The molecule has 2 aliphatic rings. The van der Waals surface area contributed by atoms with Gasteiger partial charge in [-0.3, -0.25) is 5.10 Å². The molecule has 25 heavy (non-hydrogen) atoms. The van der Waals surface area contributed by atoms with Gasteiger partial charge in [0.1, 0.15) is 11.9 Å². The number of hydrogen-bond donors (Lipinski definition) is 2. The van der Waals surface area contributed by atoms with Gasteiger partial charge < -0.3 is 14.8 Å². The summed E-state index contributed by atoms with van der Waals surface area (Å²) >= 11 is 0. The van der Waals surface area contributed by atoms with Crippen molar-refractivity contribution in [3.8, 4) is 5.75 Å². The van der Waals surface area contributed by atoms with Crippen LogP contribution in [0.4, 0.5) is 4.39 Å². The number of aromatic amines is 1. The van der Waals surface area contributed by atoms with Crippen LogP contribution < -0.4 is 10.1 Å². The Bertz CT molecular complexity index is 764. The highest BCUT2D eigenvalue weighted by Crippen LogP contribution is 2.36. The Labute approximate surface area is 146 Å². The maximum atomic E-state index is 14.0. The molecule has 1 aromatic carbocycles. The molecule has 0 radical (unpaired) electrons. The summed E-state index contributed by atoms with van der Waals surface area (Å²) in [5.74, 6) is 1.57. The van der Waals surface area contributed by atoms with Gasteiger partial charge in [-0.25, -0.2) is 9.37 Å². The Morgan fingerprint density at radius 1 is 1.36 bits per heavy atom. The number of nitrogens with one attached hydrogen (secondary N) is 2. The van der Waals surface area contributed by atoms with Gasteiger partial charge in [-0.1, -0.05) is 0 Å². The molecular weight excluding hydrogens is 323 g/mol. The Morgan fingerprint density at radius 3 is 3.00 bits per heavy atom. The van der Waals surface area contributed by atoms with E-state index in [0.717, 1.165) is 55.0 Å². The zero-order chi connectivity index (χ0) is 17.4. The lowest BCUT2D eigenvalue weighted by Crippen LogP contribution is -2.29. The molecule has 2 heterocycles. The second-order valence-electron chi connectivity index (χ2n) is 6.79. The van der Waals surface area contributed by atoms with E-state index in [2.05, 4.69) is 20.5 Å². The first-order chi connectivity index (χ1) is 12.1. The molecule has 0 saturated carbocycles. The number of rotatable bonds is 5. The van der Waals surface area contributed by atoms with Gasteiger partial charge in [-0.15, -0.1) is 0 Å². The van der Waals surface area contributed by atoms with Crippen LogP contribution in [0.3, 0.4) is 0 Å². The second kappa shape index (κ2) is 6.72. The van der Waals surface area contributed by atoms with E-state index in [1.165, 1.54) is 7.11 Å². The van der Waals surface area contributed by atoms with E-state index in [0.29, 0.717) is 5.75 Å². The first-order valence-electron chi connectivity index (χ1n) is 8.78. The topological polar surface area (TPSA) is 72.1 Å². The fourth-order valence-corrected chi connectivity index (χ4v) is 3.80. The minimum atomic E-state index is -0.299. The van der Waals surface area contributed by atoms with Crippen molar-refractivity contribution in [1.82, 2.24) is 20.5 Å². The Kier molecular flexibility index (Phi) is 4.43. The molecule has 0 spiro atoms. The monoisotopic (exact) mass is 346 g/mol. The van der Waals surface area contributed by atoms with Crippen molar-refractivity contribution in [2.24, 2.45) is 0 Å². The number of ether oxygens (including phenoxy) is 2. The quantitative estimate of drug-likeness (QED) is 0.871. The Hall–Kier alpha value is -1.99. The molecule has 2 aromatic rings. The minimum absolute atomic E-state index is 0.0330. The van der Waals surface area contributed by atoms with Gasteiger partial charge in [0.2, 0.25) is 0 Å². The summed E-state index contributed by atoms with van der Waals surface area (Å²) in [5.41, 5.74) is 2.20. The van der Waals surface area contributed by atoms with Gasteiger partial charge in [0, 0.05) is 12.6 Å². The molecule has 6 nitrogen and oxygen atoms in total. The van der Waals surface area contributed by atoms with Crippen LogP contribution >= 0.6 is 0 Å². The van der Waals surface area contributed by atoms with Gasteiger partial charge in [0.05, 0.1) is 13.2 Å². The SMILES string of the molecule is COc1cc2c(cc1F)C(NC[C@H]1CC[C@@H](c3n[nH]c(C)n3)O1)CC2. The molecule has 1 aromatic heterocycles. The van der Waals surface area contributed by atoms with Crippen molar-refractivity contribution >= 4 is 0 Å². The molecule has 1 aliphatic heterocycles. The zero-order valence-electron chi connectivity index (χ0n) is 14.5. The van der Waals surface area contributed by atoms with Crippen LogP contribution in [0, 0.1) is 12.7 Å². The van der Waals surface area contributed by atoms with Gasteiger partial charge in [0.15, 0.2) is 17.4 Å². The summed E-state index contributed by atoms with van der Waals surface area (Å²) in [4.78, 5) is 4.35. The van der Waals surface area contributed by atoms with E-state index in [9.17, 15) is 4.39 Å². The fourth-order valence-electron chi connectivity index (χ4n) is 3.80. The summed E-state index contributed by atoms with van der Waals surface area (Å²) in [5, 5.41) is 10.6. The van der Waals surface area contributed by atoms with E-state index in [1.807, 2.05) is 13.0 Å². The smallest absolute Gasteiger partial charge is 0.179 e. The molecule has 2 N–H and O–H groups in total. The predicted molar refractivity (Wildman–Crippen MR) is 90.0 cm³/mol. The molecule has 1 unspecified atom stereocenters. The van der Waals surface area contributed by atoms with Gasteiger partial charge in [0.25, 0.3) is 0 Å². The number of hydrogen-bond acceptors (Lipinski definition) is 5. The number of aryl methyl sites for hydroxylation is 2. The van der Waals surface area contributed by atoms with Crippen molar-refractivity contribution in [2.45, 2.75) is 50.9 Å². The highest BCUT2D eigenvalue weighted by atomic mass is 19.1. The number of H-pyrrole nitrogens is 1. The van der Waals surface area contributed by atoms with E-state index >= 15 is 0 Å². The predicted octanol–water partition coefficient (Wildman–Crippen LogP) is 2.76. The molecule has 4 rings (SSSR count). The maximum Gasteiger partial charge on any atom is 0.179 e. The van der Waals surface area contributed by atoms with Crippen molar-refractivity contribution < 1.29 is 13.9 Å². The summed E-state index contributed by atoms with van der Waals surface area (Å²) in [6, 6.07) is 3.59. The Morgan fingerprint density at radius 2 is 2.24 bits per heavy atom. The van der Waals surface area contributed by atoms with Crippen molar-refractivity contribution in [3.05, 3.63) is 40.7 Å². The molecule has 0 amide bonds. The average molecular weight is 346 g/mol. The van der Waals surface area contributed by atoms with Crippen molar-refractivity contribution in [1.29, 1.82) is 0 Å². The number of halogens is 1. The third-order valence-electron chi connectivity index (χ3n) is 5.09. The van der Waals surface area contributed by atoms with Crippen LogP contribution in [0.5, 0.6) is 5.75 Å². The standard InChI is InChI=1S/C18H23FN4O2/c1-10-21-18(23-22-10)16-6-4-12(25-16)9-20-15-5-3-11-7-17(24-2)14(19)8-13(11)15/h7-8,12,15-16,20H,3-6,9H2,1-2H3,(H,21,22,23)/t12-,15?,16+/m1/s1. The largest absolute Gasteiger partial charge is 0.494 e. The molecule has 1 aliphatic carbocycles. The lowest BCUT2D eigenvalue weighted by molar-refractivity contribution is 0.0387. The van der Waals surface area contributed by atoms with Crippen LogP contribution in [0.25, 0.3) is 0 Å². The highest BCUT2D eigenvalue weighted by molar-refractivity contribution is 5.41. The number of nitrogens with zero attached hydrogens (tertiary/aromatic N) is 2. The molecular formula is C18H23FN4O2. The third-order valence-corrected chi connectivity index (χ3v) is 5.09. The van der Waals surface area contributed by atoms with Gasteiger partial charge in [-0.05, 0) is 55.9 Å². The van der Waals surface area contributed by atoms with Gasteiger partial charge >= 0.3 is 0 Å². The highest BCUT2D eigenvalue weighted by Gasteiger charge is 2.31. The summed E-state index contributed by atoms with van der Waals surface area (Å²) < 4.78 is 25.1. The molecule has 7 heteroatoms. The third kappa shape index (κ3) is 3.26. The molecule has 0 bridgehead atoms. The lowest BCUT2D eigenvalue weighted by Gasteiger charge is -2.18. The molecule has 3 atom stereocenters. The van der Waals surface area contributed by atoms with Crippen LogP contribution in [0.2, 0.25) is 0 Å². The normalized spacial score (nSPS) is 25.3. The zero-order valence-corrected chi connectivity index (χ0v) is 14.5. The van der Waals surface area contributed by atoms with E-state index < -0.39 is 0 Å². The molecule has 1 fully saturated rings. The number of fused-ring (bicyclic) bond motifs is 1. The van der Waals surface area contributed by atoms with E-state index in [4.69, 9.17) is 9.47 Å². The first-order valence-corrected chi connectivity index (χ1v) is 8.78. The van der Waals surface area contributed by atoms with Crippen LogP contribution in [-0.4, -0.2) is 34.9 Å². The van der Waals surface area contributed by atoms with Crippen LogP contribution in [0.15, 0.2) is 12.1 Å². The second-order valence-corrected chi connectivity index (χ2v) is 6.79. The van der Waals surface area contributed by atoms with Crippen molar-refractivity contribution in [2.75, 3.05) is 13.7 Å². The first kappa shape index (κ1) is 16.5. The number of aromatic nitrogens is 3. The van der Waals surface area contributed by atoms with Crippen LogP contribution in [0.1, 0.15) is 54.2 Å². The summed E-state index contributed by atoms with van der Waals surface area (Å²) in [6.45, 7) is 2.63. The average Bonchev–Trinajstić information content (AvgIpc) is 3.32. The maximum absolute atomic E-state index is 14.0. The number of benzene rings is 1. The fraction of sp³-hybridized carbons (Fsp3) is 0.556. The number of methoxy groups -OCH3 is 1. The van der Waals surface area contributed by atoms with Crippen LogP contribution in [-0.2, 0) is 11.2 Å².